The molecule has 1 heterocycles. The average Bonchev–Trinajstić information content (AvgIpc) is 2.73. The predicted octanol–water partition coefficient (Wildman–Crippen LogP) is 2.42. The highest BCUT2D eigenvalue weighted by molar-refractivity contribution is 5.73. The molecule has 17 heavy (non-hydrogen) atoms. The molecule has 2 N–H and O–H groups in total. The molecule has 1 aromatic carbocycles. The fraction of sp³-hybridized carbons (Fsp3) is 0.462. The van der Waals surface area contributed by atoms with Crippen molar-refractivity contribution < 1.29 is 9.13 Å². The topological polar surface area (TPSA) is 47.6 Å². The Morgan fingerprint density at radius 2 is 2.18 bits per heavy atom. The molecule has 0 aliphatic carbocycles. The van der Waals surface area contributed by atoms with Gasteiger partial charge in [-0.25, -0.2) is 9.38 Å². The van der Waals surface area contributed by atoms with Crippen LogP contribution in [0.15, 0.2) is 29.3 Å². The summed E-state index contributed by atoms with van der Waals surface area (Å²) >= 11 is 0. The van der Waals surface area contributed by atoms with Crippen LogP contribution >= 0.6 is 0 Å². The van der Waals surface area contributed by atoms with Crippen molar-refractivity contribution in [3.05, 3.63) is 35.6 Å². The van der Waals surface area contributed by atoms with Crippen LogP contribution in [-0.4, -0.2) is 18.7 Å². The molecule has 0 amide bonds. The van der Waals surface area contributed by atoms with E-state index in [9.17, 15) is 4.39 Å². The molecule has 0 spiro atoms. The number of ether oxygens (including phenoxy) is 1. The summed E-state index contributed by atoms with van der Waals surface area (Å²) in [5.74, 6) is 0.175. The summed E-state index contributed by atoms with van der Waals surface area (Å²) in [5.41, 5.74) is 6.63. The molecule has 0 aromatic heterocycles. The Balaban J connectivity index is 2.04. The summed E-state index contributed by atoms with van der Waals surface area (Å²) in [7, 11) is 0. The molecule has 3 nitrogen and oxygen atoms in total. The Hall–Kier alpha value is -1.58. The SMILES string of the molecule is CCC(C[C@H]1COC(N)=N1)c1ccc(F)cc1. The van der Waals surface area contributed by atoms with Gasteiger partial charge < -0.3 is 10.5 Å². The maximum atomic E-state index is 12.9. The molecule has 1 aromatic rings. The van der Waals surface area contributed by atoms with Crippen molar-refractivity contribution in [2.45, 2.75) is 31.7 Å². The lowest BCUT2D eigenvalue weighted by Crippen LogP contribution is -2.12. The molecule has 2 atom stereocenters. The van der Waals surface area contributed by atoms with Gasteiger partial charge in [-0.3, -0.25) is 0 Å². The van der Waals surface area contributed by atoms with Crippen LogP contribution in [0.2, 0.25) is 0 Å². The van der Waals surface area contributed by atoms with E-state index in [2.05, 4.69) is 11.9 Å². The molecule has 1 unspecified atom stereocenters. The molecule has 0 fully saturated rings. The van der Waals surface area contributed by atoms with E-state index in [1.807, 2.05) is 12.1 Å². The Morgan fingerprint density at radius 1 is 1.47 bits per heavy atom. The number of aliphatic imine (C=N–C) groups is 1. The molecule has 2 rings (SSSR count). The lowest BCUT2D eigenvalue weighted by atomic mass is 9.90. The number of nitrogens with zero attached hydrogens (tertiary/aromatic N) is 1. The number of hydrogen-bond donors (Lipinski definition) is 1. The van der Waals surface area contributed by atoms with Crippen LogP contribution in [0.4, 0.5) is 4.39 Å². The summed E-state index contributed by atoms with van der Waals surface area (Å²) in [4.78, 5) is 4.22. The van der Waals surface area contributed by atoms with Crippen LogP contribution in [0.25, 0.3) is 0 Å². The average molecular weight is 236 g/mol. The maximum Gasteiger partial charge on any atom is 0.282 e. The predicted molar refractivity (Wildman–Crippen MR) is 65.4 cm³/mol. The zero-order chi connectivity index (χ0) is 12.3. The molecule has 0 bridgehead atoms. The third-order valence-corrected chi connectivity index (χ3v) is 3.12. The van der Waals surface area contributed by atoms with Gasteiger partial charge in [-0.2, -0.15) is 0 Å². The van der Waals surface area contributed by atoms with E-state index in [1.54, 1.807) is 0 Å². The summed E-state index contributed by atoms with van der Waals surface area (Å²) in [5, 5.41) is 0. The second-order valence-electron chi connectivity index (χ2n) is 4.32. The molecular formula is C13H17FN2O. The normalized spacial score (nSPS) is 20.8. The number of halogens is 1. The van der Waals surface area contributed by atoms with Gasteiger partial charge in [-0.1, -0.05) is 19.1 Å². The third kappa shape index (κ3) is 2.96. The minimum Gasteiger partial charge on any atom is -0.463 e. The van der Waals surface area contributed by atoms with E-state index >= 15 is 0 Å². The van der Waals surface area contributed by atoms with Crippen molar-refractivity contribution >= 4 is 6.02 Å². The minimum absolute atomic E-state index is 0.130. The summed E-state index contributed by atoms with van der Waals surface area (Å²) < 4.78 is 18.0. The van der Waals surface area contributed by atoms with E-state index in [0.29, 0.717) is 12.5 Å². The smallest absolute Gasteiger partial charge is 0.282 e. The van der Waals surface area contributed by atoms with Crippen molar-refractivity contribution in [3.8, 4) is 0 Å². The van der Waals surface area contributed by atoms with Gasteiger partial charge >= 0.3 is 0 Å². The fourth-order valence-corrected chi connectivity index (χ4v) is 2.16. The van der Waals surface area contributed by atoms with Crippen LogP contribution < -0.4 is 5.73 Å². The molecule has 1 aliphatic heterocycles. The van der Waals surface area contributed by atoms with Crippen LogP contribution in [0.5, 0.6) is 0 Å². The molecule has 1 aliphatic rings. The van der Waals surface area contributed by atoms with Gasteiger partial charge in [0, 0.05) is 0 Å². The third-order valence-electron chi connectivity index (χ3n) is 3.12. The maximum absolute atomic E-state index is 12.9. The van der Waals surface area contributed by atoms with Gasteiger partial charge in [0.15, 0.2) is 0 Å². The van der Waals surface area contributed by atoms with E-state index in [4.69, 9.17) is 10.5 Å². The van der Waals surface area contributed by atoms with Gasteiger partial charge in [0.25, 0.3) is 6.02 Å². The number of rotatable bonds is 4. The first kappa shape index (κ1) is 11.9. The lowest BCUT2D eigenvalue weighted by molar-refractivity contribution is 0.301. The molecule has 92 valence electrons. The van der Waals surface area contributed by atoms with Crippen molar-refractivity contribution in [2.75, 3.05) is 6.61 Å². The quantitative estimate of drug-likeness (QED) is 0.872. The summed E-state index contributed by atoms with van der Waals surface area (Å²) in [6.45, 7) is 2.68. The Bertz CT molecular complexity index is 402. The zero-order valence-corrected chi connectivity index (χ0v) is 9.90. The van der Waals surface area contributed by atoms with Gasteiger partial charge in [-0.15, -0.1) is 0 Å². The van der Waals surface area contributed by atoms with Gasteiger partial charge in [0.05, 0.1) is 6.04 Å². The van der Waals surface area contributed by atoms with Crippen LogP contribution in [0.3, 0.4) is 0 Å². The molecule has 0 radical (unpaired) electrons. The standard InChI is InChI=1S/C13H17FN2O/c1-2-9(7-12-8-17-13(15)16-12)10-3-5-11(14)6-4-10/h3-6,9,12H,2,7-8H2,1H3,(H2,15,16)/t9?,12-/m0/s1. The van der Waals surface area contributed by atoms with Crippen molar-refractivity contribution in [3.63, 3.8) is 0 Å². The van der Waals surface area contributed by atoms with Crippen LogP contribution in [-0.2, 0) is 4.74 Å². The highest BCUT2D eigenvalue weighted by Gasteiger charge is 2.21. The zero-order valence-electron chi connectivity index (χ0n) is 9.90. The van der Waals surface area contributed by atoms with Crippen molar-refractivity contribution in [1.29, 1.82) is 0 Å². The number of benzene rings is 1. The van der Waals surface area contributed by atoms with Gasteiger partial charge in [-0.05, 0) is 36.5 Å². The first-order chi connectivity index (χ1) is 8.19. The van der Waals surface area contributed by atoms with Gasteiger partial charge in [0.1, 0.15) is 12.4 Å². The number of amidine groups is 1. The second-order valence-corrected chi connectivity index (χ2v) is 4.32. The molecular weight excluding hydrogens is 219 g/mol. The van der Waals surface area contributed by atoms with Crippen LogP contribution in [0, 0.1) is 5.82 Å². The number of nitrogens with two attached hydrogens (primary N) is 1. The van der Waals surface area contributed by atoms with E-state index < -0.39 is 0 Å². The number of hydrogen-bond acceptors (Lipinski definition) is 3. The Labute approximate surface area is 100 Å². The molecule has 0 saturated carbocycles. The lowest BCUT2D eigenvalue weighted by Gasteiger charge is -2.17. The highest BCUT2D eigenvalue weighted by Crippen LogP contribution is 2.27. The largest absolute Gasteiger partial charge is 0.463 e. The van der Waals surface area contributed by atoms with Gasteiger partial charge in [0.2, 0.25) is 0 Å². The first-order valence-electron chi connectivity index (χ1n) is 5.90. The van der Waals surface area contributed by atoms with E-state index in [0.717, 1.165) is 18.4 Å². The fourth-order valence-electron chi connectivity index (χ4n) is 2.16. The second kappa shape index (κ2) is 5.17. The summed E-state index contributed by atoms with van der Waals surface area (Å²) in [6.07, 6.45) is 1.89. The highest BCUT2D eigenvalue weighted by atomic mass is 19.1. The Morgan fingerprint density at radius 3 is 2.71 bits per heavy atom. The summed E-state index contributed by atoms with van der Waals surface area (Å²) in [6, 6.07) is 7.09. The Kier molecular flexibility index (Phi) is 3.61. The van der Waals surface area contributed by atoms with Crippen molar-refractivity contribution in [2.24, 2.45) is 10.7 Å². The molecule has 0 saturated heterocycles. The first-order valence-corrected chi connectivity index (χ1v) is 5.90. The van der Waals surface area contributed by atoms with E-state index in [1.165, 1.54) is 12.1 Å². The minimum atomic E-state index is -0.199. The van der Waals surface area contributed by atoms with E-state index in [-0.39, 0.29) is 17.9 Å². The molecule has 4 heteroatoms. The monoisotopic (exact) mass is 236 g/mol. The van der Waals surface area contributed by atoms with Crippen LogP contribution in [0.1, 0.15) is 31.2 Å². The van der Waals surface area contributed by atoms with Crippen molar-refractivity contribution in [1.82, 2.24) is 0 Å².